The molecule has 7 heteroatoms. The van der Waals surface area contributed by atoms with Crippen LogP contribution in [0.2, 0.25) is 0 Å². The molecule has 2 aliphatic heterocycles. The number of nitrogens with one attached hydrogen (secondary N) is 1. The van der Waals surface area contributed by atoms with Gasteiger partial charge >= 0.3 is 0 Å². The molecule has 0 radical (unpaired) electrons. The van der Waals surface area contributed by atoms with E-state index in [4.69, 9.17) is 0 Å². The van der Waals surface area contributed by atoms with Crippen LogP contribution in [0.15, 0.2) is 42.5 Å². The van der Waals surface area contributed by atoms with Gasteiger partial charge in [0.25, 0.3) is 5.95 Å². The second-order valence-corrected chi connectivity index (χ2v) is 7.56. The summed E-state index contributed by atoms with van der Waals surface area (Å²) in [6, 6.07) is 10.4. The van der Waals surface area contributed by atoms with Crippen molar-refractivity contribution in [2.24, 2.45) is 11.8 Å². The third-order valence-corrected chi connectivity index (χ3v) is 5.76. The molecular formula is C20H21N5O2. The minimum atomic E-state index is -0.278. The van der Waals surface area contributed by atoms with Crippen LogP contribution in [0.3, 0.4) is 0 Å². The van der Waals surface area contributed by atoms with Crippen molar-refractivity contribution >= 4 is 23.7 Å². The molecule has 3 aliphatic rings. The topological polar surface area (TPSA) is 80.1 Å². The number of allylic oxidation sites excluding steroid dienone is 2. The van der Waals surface area contributed by atoms with Crippen LogP contribution < -0.4 is 10.2 Å². The Balaban J connectivity index is 1.53. The first-order valence-electron chi connectivity index (χ1n) is 9.44. The van der Waals surface area contributed by atoms with Crippen molar-refractivity contribution in [2.75, 3.05) is 10.2 Å². The van der Waals surface area contributed by atoms with Crippen molar-refractivity contribution in [3.8, 4) is 0 Å². The highest BCUT2D eigenvalue weighted by atomic mass is 16.2. The lowest BCUT2D eigenvalue weighted by atomic mass is 9.85. The highest BCUT2D eigenvalue weighted by Crippen LogP contribution is 2.38. The molecule has 0 unspecified atom stereocenters. The van der Waals surface area contributed by atoms with Gasteiger partial charge in [0.2, 0.25) is 17.8 Å². The fourth-order valence-electron chi connectivity index (χ4n) is 4.39. The van der Waals surface area contributed by atoms with E-state index in [9.17, 15) is 9.59 Å². The number of hydrogen-bond acceptors (Lipinski definition) is 5. The van der Waals surface area contributed by atoms with Crippen LogP contribution in [0, 0.1) is 11.8 Å². The number of fused-ring (bicyclic) bond motifs is 2. The zero-order valence-electron chi connectivity index (χ0n) is 15.1. The molecule has 5 rings (SSSR count). The Bertz CT molecular complexity index is 909. The van der Waals surface area contributed by atoms with E-state index in [0.29, 0.717) is 18.8 Å². The Kier molecular flexibility index (Phi) is 3.63. The van der Waals surface area contributed by atoms with Gasteiger partial charge in [0.05, 0.1) is 17.9 Å². The van der Waals surface area contributed by atoms with E-state index in [1.165, 1.54) is 4.90 Å². The molecule has 1 saturated heterocycles. The fourth-order valence-corrected chi connectivity index (χ4v) is 4.39. The average Bonchev–Trinajstić information content (AvgIpc) is 3.21. The lowest BCUT2D eigenvalue weighted by Crippen LogP contribution is -2.32. The molecule has 1 fully saturated rings. The van der Waals surface area contributed by atoms with E-state index in [-0.39, 0.29) is 41.7 Å². The molecule has 1 aliphatic carbocycles. The minimum absolute atomic E-state index is 0.0236. The maximum atomic E-state index is 12.8. The average molecular weight is 363 g/mol. The van der Waals surface area contributed by atoms with Crippen molar-refractivity contribution in [3.63, 3.8) is 0 Å². The van der Waals surface area contributed by atoms with E-state index in [0.717, 1.165) is 12.0 Å². The summed E-state index contributed by atoms with van der Waals surface area (Å²) in [6.45, 7) is 2.10. The molecule has 1 aromatic heterocycles. The lowest BCUT2D eigenvalue weighted by molar-refractivity contribution is -0.122. The first kappa shape index (κ1) is 16.2. The number of hydrogen-bond donors (Lipinski definition) is 1. The van der Waals surface area contributed by atoms with Gasteiger partial charge in [-0.3, -0.25) is 9.59 Å². The van der Waals surface area contributed by atoms with Crippen LogP contribution in [-0.2, 0) is 9.59 Å². The lowest BCUT2D eigenvalue weighted by Gasteiger charge is -2.29. The van der Waals surface area contributed by atoms with Gasteiger partial charge in [0, 0.05) is 6.04 Å². The summed E-state index contributed by atoms with van der Waals surface area (Å²) in [6.07, 6.45) is 6.05. The Morgan fingerprint density at radius 3 is 2.37 bits per heavy atom. The highest BCUT2D eigenvalue weighted by molar-refractivity contribution is 6.21. The number of rotatable bonds is 2. The van der Waals surface area contributed by atoms with Crippen molar-refractivity contribution in [1.82, 2.24) is 14.8 Å². The van der Waals surface area contributed by atoms with E-state index in [1.54, 1.807) is 0 Å². The number of imide groups is 1. The van der Waals surface area contributed by atoms with E-state index < -0.39 is 0 Å². The van der Waals surface area contributed by atoms with E-state index in [1.807, 2.05) is 35.0 Å². The molecule has 4 atom stereocenters. The van der Waals surface area contributed by atoms with Crippen LogP contribution >= 0.6 is 0 Å². The Hall–Kier alpha value is -2.96. The van der Waals surface area contributed by atoms with Gasteiger partial charge in [-0.05, 0) is 31.7 Å². The Labute approximate surface area is 157 Å². The number of anilines is 2. The first-order chi connectivity index (χ1) is 13.1. The third kappa shape index (κ3) is 2.49. The van der Waals surface area contributed by atoms with Crippen LogP contribution in [0.4, 0.5) is 11.9 Å². The first-order valence-corrected chi connectivity index (χ1v) is 9.44. The Morgan fingerprint density at radius 1 is 1.04 bits per heavy atom. The molecule has 0 spiro atoms. The third-order valence-electron chi connectivity index (χ3n) is 5.76. The predicted octanol–water partition coefficient (Wildman–Crippen LogP) is 2.53. The van der Waals surface area contributed by atoms with Crippen LogP contribution in [0.1, 0.15) is 37.8 Å². The number of benzene rings is 1. The largest absolute Gasteiger partial charge is 0.352 e. The molecule has 138 valence electrons. The molecule has 0 saturated carbocycles. The summed E-state index contributed by atoms with van der Waals surface area (Å²) in [5.74, 6) is -0.119. The van der Waals surface area contributed by atoms with Crippen molar-refractivity contribution in [3.05, 3.63) is 48.0 Å². The van der Waals surface area contributed by atoms with E-state index >= 15 is 0 Å². The molecule has 2 aromatic rings. The summed E-state index contributed by atoms with van der Waals surface area (Å²) in [4.78, 5) is 31.4. The Morgan fingerprint density at radius 2 is 1.70 bits per heavy atom. The number of carbonyl (C=O) groups is 2. The number of aromatic nitrogens is 3. The summed E-state index contributed by atoms with van der Waals surface area (Å²) >= 11 is 0. The van der Waals surface area contributed by atoms with Crippen molar-refractivity contribution in [2.45, 2.75) is 38.3 Å². The van der Waals surface area contributed by atoms with Crippen LogP contribution in [-0.4, -0.2) is 32.6 Å². The number of carbonyl (C=O) groups excluding carboxylic acids is 2. The predicted molar refractivity (Wildman–Crippen MR) is 100 cm³/mol. The SMILES string of the molecule is C[C@@H]1C[C@@H](c2ccccc2)n2nc(N3C(=O)[C@H]4CC=CC[C@H]4C3=O)nc2N1. The second-order valence-electron chi connectivity index (χ2n) is 7.56. The quantitative estimate of drug-likeness (QED) is 0.655. The van der Waals surface area contributed by atoms with Gasteiger partial charge in [-0.25, -0.2) is 9.58 Å². The van der Waals surface area contributed by atoms with Gasteiger partial charge in [0.1, 0.15) is 0 Å². The van der Waals surface area contributed by atoms with Crippen molar-refractivity contribution in [1.29, 1.82) is 0 Å². The molecule has 7 nitrogen and oxygen atoms in total. The monoisotopic (exact) mass is 363 g/mol. The zero-order valence-corrected chi connectivity index (χ0v) is 15.1. The van der Waals surface area contributed by atoms with Gasteiger partial charge < -0.3 is 5.32 Å². The second kappa shape index (κ2) is 6.04. The van der Waals surface area contributed by atoms with Gasteiger partial charge in [-0.1, -0.05) is 42.5 Å². The summed E-state index contributed by atoms with van der Waals surface area (Å²) in [5.41, 5.74) is 1.14. The van der Waals surface area contributed by atoms with E-state index in [2.05, 4.69) is 34.5 Å². The summed E-state index contributed by atoms with van der Waals surface area (Å²) in [5, 5.41) is 7.91. The molecule has 2 amide bonds. The minimum Gasteiger partial charge on any atom is -0.352 e. The van der Waals surface area contributed by atoms with Crippen LogP contribution in [0.25, 0.3) is 0 Å². The maximum Gasteiger partial charge on any atom is 0.260 e. The smallest absolute Gasteiger partial charge is 0.260 e. The molecule has 1 N–H and O–H groups in total. The molecule has 27 heavy (non-hydrogen) atoms. The summed E-state index contributed by atoms with van der Waals surface area (Å²) < 4.78 is 1.81. The number of amides is 2. The standard InChI is InChI=1S/C20H21N5O2/c1-12-11-16(13-7-3-2-4-8-13)25-19(21-12)22-20(23-25)24-17(26)14-9-5-6-10-15(14)18(24)27/h2-8,12,14-16H,9-11H2,1H3,(H,21,22,23)/t12-,14-,15+,16+/m1/s1. The van der Waals surface area contributed by atoms with Gasteiger partial charge in [0.15, 0.2) is 0 Å². The van der Waals surface area contributed by atoms with Crippen molar-refractivity contribution < 1.29 is 9.59 Å². The highest BCUT2D eigenvalue weighted by Gasteiger charge is 2.49. The maximum absolute atomic E-state index is 12.8. The number of nitrogens with zero attached hydrogens (tertiary/aromatic N) is 4. The summed E-state index contributed by atoms with van der Waals surface area (Å²) in [7, 11) is 0. The molecule has 0 bridgehead atoms. The molecule has 3 heterocycles. The fraction of sp³-hybridized carbons (Fsp3) is 0.400. The van der Waals surface area contributed by atoms with Gasteiger partial charge in [-0.2, -0.15) is 4.98 Å². The normalized spacial score (nSPS) is 29.4. The molecule has 1 aromatic carbocycles. The van der Waals surface area contributed by atoms with Crippen LogP contribution in [0.5, 0.6) is 0 Å². The zero-order chi connectivity index (χ0) is 18.5. The van der Waals surface area contributed by atoms with Gasteiger partial charge in [-0.15, -0.1) is 5.10 Å². The molecular weight excluding hydrogens is 342 g/mol.